The van der Waals surface area contributed by atoms with E-state index in [-0.39, 0.29) is 17.7 Å². The smallest absolute Gasteiger partial charge is 0.185 e. The van der Waals surface area contributed by atoms with E-state index in [4.69, 9.17) is 5.73 Å². The van der Waals surface area contributed by atoms with Crippen LogP contribution in [0.2, 0.25) is 0 Å². The Morgan fingerprint density at radius 3 is 2.81 bits per heavy atom. The fourth-order valence-corrected chi connectivity index (χ4v) is 3.51. The van der Waals surface area contributed by atoms with E-state index in [1.807, 2.05) is 7.05 Å². The SMILES string of the molecule is Cn1nccc1C(=O)C1C2CCC(C2)C1N. The van der Waals surface area contributed by atoms with Gasteiger partial charge in [0.25, 0.3) is 0 Å². The summed E-state index contributed by atoms with van der Waals surface area (Å²) in [4.78, 5) is 12.4. The Balaban J connectivity index is 1.89. The molecular weight excluding hydrogens is 202 g/mol. The van der Waals surface area contributed by atoms with Crippen molar-refractivity contribution in [2.24, 2.45) is 30.5 Å². The molecule has 2 bridgehead atoms. The molecule has 1 aromatic rings. The average Bonchev–Trinajstić information content (AvgIpc) is 2.92. The van der Waals surface area contributed by atoms with Gasteiger partial charge in [-0.2, -0.15) is 5.10 Å². The van der Waals surface area contributed by atoms with Gasteiger partial charge in [-0.3, -0.25) is 9.48 Å². The minimum atomic E-state index is 0.0362. The molecule has 1 aromatic heterocycles. The summed E-state index contributed by atoms with van der Waals surface area (Å²) in [5, 5.41) is 4.05. The van der Waals surface area contributed by atoms with Crippen LogP contribution in [0, 0.1) is 17.8 Å². The molecule has 4 heteroatoms. The van der Waals surface area contributed by atoms with Gasteiger partial charge in [-0.05, 0) is 37.2 Å². The third kappa shape index (κ3) is 1.26. The summed E-state index contributed by atoms with van der Waals surface area (Å²) in [5.74, 6) is 1.32. The van der Waals surface area contributed by atoms with Gasteiger partial charge in [-0.1, -0.05) is 0 Å². The first-order chi connectivity index (χ1) is 7.68. The van der Waals surface area contributed by atoms with E-state index in [9.17, 15) is 4.79 Å². The van der Waals surface area contributed by atoms with Gasteiger partial charge in [0, 0.05) is 25.2 Å². The molecule has 0 radical (unpaired) electrons. The standard InChI is InChI=1S/C12H17N3O/c1-15-9(4-5-14-15)12(16)10-7-2-3-8(6-7)11(10)13/h4-5,7-8,10-11H,2-3,6,13H2,1H3. The maximum absolute atomic E-state index is 12.4. The van der Waals surface area contributed by atoms with Crippen LogP contribution in [0.25, 0.3) is 0 Å². The quantitative estimate of drug-likeness (QED) is 0.754. The molecule has 2 fully saturated rings. The van der Waals surface area contributed by atoms with E-state index in [0.29, 0.717) is 17.5 Å². The van der Waals surface area contributed by atoms with E-state index in [1.165, 1.54) is 12.8 Å². The molecule has 0 aromatic carbocycles. The monoisotopic (exact) mass is 219 g/mol. The number of nitrogens with zero attached hydrogens (tertiary/aromatic N) is 2. The van der Waals surface area contributed by atoms with Crippen molar-refractivity contribution in [3.63, 3.8) is 0 Å². The van der Waals surface area contributed by atoms with Gasteiger partial charge >= 0.3 is 0 Å². The Labute approximate surface area is 94.8 Å². The molecule has 1 heterocycles. The number of rotatable bonds is 2. The number of fused-ring (bicyclic) bond motifs is 2. The highest BCUT2D eigenvalue weighted by Crippen LogP contribution is 2.48. The number of hydrogen-bond acceptors (Lipinski definition) is 3. The molecule has 0 aliphatic heterocycles. The zero-order valence-electron chi connectivity index (χ0n) is 9.47. The lowest BCUT2D eigenvalue weighted by Crippen LogP contribution is -2.40. The highest BCUT2D eigenvalue weighted by molar-refractivity contribution is 5.97. The second kappa shape index (κ2) is 3.42. The van der Waals surface area contributed by atoms with Crippen LogP contribution in [-0.4, -0.2) is 21.6 Å². The van der Waals surface area contributed by atoms with E-state index in [2.05, 4.69) is 5.10 Å². The lowest BCUT2D eigenvalue weighted by molar-refractivity contribution is 0.0846. The molecule has 2 saturated carbocycles. The van der Waals surface area contributed by atoms with Crippen LogP contribution in [-0.2, 0) is 7.05 Å². The fourth-order valence-electron chi connectivity index (χ4n) is 3.51. The average molecular weight is 219 g/mol. The lowest BCUT2D eigenvalue weighted by Gasteiger charge is -2.26. The molecule has 2 N–H and O–H groups in total. The number of ketones is 1. The van der Waals surface area contributed by atoms with Crippen molar-refractivity contribution in [3.05, 3.63) is 18.0 Å². The molecule has 4 nitrogen and oxygen atoms in total. The first kappa shape index (κ1) is 10.0. The van der Waals surface area contributed by atoms with Crippen molar-refractivity contribution < 1.29 is 4.79 Å². The van der Waals surface area contributed by atoms with Crippen LogP contribution in [0.15, 0.2) is 12.3 Å². The highest BCUT2D eigenvalue weighted by Gasteiger charge is 2.49. The number of aryl methyl sites for hydroxylation is 1. The Morgan fingerprint density at radius 1 is 1.50 bits per heavy atom. The van der Waals surface area contributed by atoms with E-state index in [1.54, 1.807) is 16.9 Å². The number of aromatic nitrogens is 2. The van der Waals surface area contributed by atoms with Gasteiger partial charge in [0.1, 0.15) is 5.69 Å². The third-order valence-corrected chi connectivity index (χ3v) is 4.36. The summed E-state index contributed by atoms with van der Waals surface area (Å²) in [7, 11) is 1.81. The number of carbonyl (C=O) groups is 1. The molecule has 4 unspecified atom stereocenters. The molecule has 2 aliphatic rings. The minimum absolute atomic E-state index is 0.0362. The minimum Gasteiger partial charge on any atom is -0.327 e. The van der Waals surface area contributed by atoms with E-state index in [0.717, 1.165) is 6.42 Å². The number of carbonyl (C=O) groups excluding carboxylic acids is 1. The first-order valence-corrected chi connectivity index (χ1v) is 5.96. The Kier molecular flexibility index (Phi) is 2.14. The molecule has 2 aliphatic carbocycles. The Bertz CT molecular complexity index is 424. The second-order valence-corrected chi connectivity index (χ2v) is 5.14. The summed E-state index contributed by atoms with van der Waals surface area (Å²) in [6, 6.07) is 1.86. The predicted octanol–water partition coefficient (Wildman–Crippen LogP) is 0.976. The molecule has 0 saturated heterocycles. The third-order valence-electron chi connectivity index (χ3n) is 4.36. The zero-order chi connectivity index (χ0) is 11.3. The van der Waals surface area contributed by atoms with Crippen LogP contribution >= 0.6 is 0 Å². The number of hydrogen-bond donors (Lipinski definition) is 1. The van der Waals surface area contributed by atoms with Crippen LogP contribution in [0.5, 0.6) is 0 Å². The second-order valence-electron chi connectivity index (χ2n) is 5.14. The normalized spacial score (nSPS) is 36.9. The summed E-state index contributed by atoms with van der Waals surface area (Å²) in [6.45, 7) is 0. The molecular formula is C12H17N3O. The van der Waals surface area contributed by atoms with Gasteiger partial charge in [-0.15, -0.1) is 0 Å². The molecule has 0 amide bonds. The highest BCUT2D eigenvalue weighted by atomic mass is 16.1. The zero-order valence-corrected chi connectivity index (χ0v) is 9.47. The molecule has 4 atom stereocenters. The van der Waals surface area contributed by atoms with E-state index < -0.39 is 0 Å². The van der Waals surface area contributed by atoms with Crippen molar-refractivity contribution >= 4 is 5.78 Å². The van der Waals surface area contributed by atoms with Crippen LogP contribution < -0.4 is 5.73 Å². The Hall–Kier alpha value is -1.16. The molecule has 3 rings (SSSR count). The summed E-state index contributed by atoms with van der Waals surface area (Å²) >= 11 is 0. The molecule has 0 spiro atoms. The maximum atomic E-state index is 12.4. The van der Waals surface area contributed by atoms with Gasteiger partial charge in [0.2, 0.25) is 0 Å². The first-order valence-electron chi connectivity index (χ1n) is 5.96. The largest absolute Gasteiger partial charge is 0.327 e. The van der Waals surface area contributed by atoms with Crippen molar-refractivity contribution in [1.29, 1.82) is 0 Å². The number of Topliss-reactive ketones (excluding diaryl/α,β-unsaturated/α-hetero) is 1. The van der Waals surface area contributed by atoms with Gasteiger partial charge in [0.15, 0.2) is 5.78 Å². The topological polar surface area (TPSA) is 60.9 Å². The van der Waals surface area contributed by atoms with Crippen LogP contribution in [0.1, 0.15) is 29.8 Å². The van der Waals surface area contributed by atoms with Gasteiger partial charge < -0.3 is 5.73 Å². The fraction of sp³-hybridized carbons (Fsp3) is 0.667. The van der Waals surface area contributed by atoms with Crippen molar-refractivity contribution in [2.45, 2.75) is 25.3 Å². The van der Waals surface area contributed by atoms with E-state index >= 15 is 0 Å². The lowest BCUT2D eigenvalue weighted by atomic mass is 9.81. The van der Waals surface area contributed by atoms with Crippen molar-refractivity contribution in [1.82, 2.24) is 9.78 Å². The van der Waals surface area contributed by atoms with Gasteiger partial charge in [-0.25, -0.2) is 0 Å². The maximum Gasteiger partial charge on any atom is 0.185 e. The Morgan fingerprint density at radius 2 is 2.25 bits per heavy atom. The summed E-state index contributed by atoms with van der Waals surface area (Å²) in [5.41, 5.74) is 6.87. The van der Waals surface area contributed by atoms with Crippen LogP contribution in [0.3, 0.4) is 0 Å². The number of nitrogens with two attached hydrogens (primary N) is 1. The van der Waals surface area contributed by atoms with Crippen molar-refractivity contribution in [2.75, 3.05) is 0 Å². The predicted molar refractivity (Wildman–Crippen MR) is 59.8 cm³/mol. The van der Waals surface area contributed by atoms with Gasteiger partial charge in [0.05, 0.1) is 0 Å². The summed E-state index contributed by atoms with van der Waals surface area (Å²) in [6.07, 6.45) is 5.20. The molecule has 86 valence electrons. The van der Waals surface area contributed by atoms with Crippen molar-refractivity contribution in [3.8, 4) is 0 Å². The summed E-state index contributed by atoms with van der Waals surface area (Å²) < 4.78 is 1.65. The van der Waals surface area contributed by atoms with Crippen LogP contribution in [0.4, 0.5) is 0 Å². The molecule has 16 heavy (non-hydrogen) atoms.